The molecule has 1 aromatic rings. The molecule has 3 heteroatoms. The van der Waals surface area contributed by atoms with Crippen LogP contribution >= 0.6 is 24.0 Å². The summed E-state index contributed by atoms with van der Waals surface area (Å²) in [6.07, 6.45) is 2.70. The summed E-state index contributed by atoms with van der Waals surface area (Å²) in [7, 11) is 0. The molecule has 1 aliphatic rings. The molecule has 1 aliphatic carbocycles. The van der Waals surface area contributed by atoms with Gasteiger partial charge in [-0.25, -0.2) is 0 Å². The third-order valence-corrected chi connectivity index (χ3v) is 3.72. The highest BCUT2D eigenvalue weighted by Gasteiger charge is 2.22. The fraction of sp³-hybridized carbons (Fsp3) is 0.182. The van der Waals surface area contributed by atoms with Gasteiger partial charge in [-0.3, -0.25) is 0 Å². The van der Waals surface area contributed by atoms with Gasteiger partial charge < -0.3 is 5.11 Å². The van der Waals surface area contributed by atoms with E-state index in [9.17, 15) is 5.11 Å². The van der Waals surface area contributed by atoms with Crippen molar-refractivity contribution < 1.29 is 5.11 Å². The van der Waals surface area contributed by atoms with Crippen LogP contribution in [-0.2, 0) is 6.42 Å². The molecule has 0 atom stereocenters. The van der Waals surface area contributed by atoms with Crippen LogP contribution in [0, 0.1) is 0 Å². The van der Waals surface area contributed by atoms with Crippen molar-refractivity contribution in [2.45, 2.75) is 6.42 Å². The van der Waals surface area contributed by atoms with Gasteiger partial charge in [0.2, 0.25) is 0 Å². The highest BCUT2D eigenvalue weighted by molar-refractivity contribution is 8.23. The first-order chi connectivity index (χ1) is 6.74. The molecule has 1 aromatic carbocycles. The molecule has 0 bridgehead atoms. The van der Waals surface area contributed by atoms with Crippen molar-refractivity contribution in [2.24, 2.45) is 0 Å². The van der Waals surface area contributed by atoms with Gasteiger partial charge in [0, 0.05) is 17.6 Å². The third-order valence-electron chi connectivity index (χ3n) is 2.36. The first kappa shape index (κ1) is 9.74. The van der Waals surface area contributed by atoms with E-state index >= 15 is 0 Å². The van der Waals surface area contributed by atoms with E-state index in [4.69, 9.17) is 12.2 Å². The third kappa shape index (κ3) is 1.47. The zero-order valence-electron chi connectivity index (χ0n) is 7.78. The molecule has 0 radical (unpaired) electrons. The summed E-state index contributed by atoms with van der Waals surface area (Å²) in [6.45, 7) is 0. The zero-order valence-corrected chi connectivity index (χ0v) is 9.41. The molecule has 0 amide bonds. The smallest absolute Gasteiger partial charge is 0.128 e. The molecule has 0 aromatic heterocycles. The first-order valence-corrected chi connectivity index (χ1v) is 5.96. The van der Waals surface area contributed by atoms with Crippen molar-refractivity contribution in [3.05, 3.63) is 41.0 Å². The number of thioether (sulfide) groups is 1. The number of rotatable bonds is 1. The zero-order chi connectivity index (χ0) is 10.1. The average molecular weight is 222 g/mol. The Morgan fingerprint density at radius 2 is 2.14 bits per heavy atom. The molecular formula is C11H10OS2. The van der Waals surface area contributed by atoms with Gasteiger partial charge >= 0.3 is 0 Å². The summed E-state index contributed by atoms with van der Waals surface area (Å²) in [5.74, 6) is 0.361. The Morgan fingerprint density at radius 1 is 1.43 bits per heavy atom. The molecule has 0 aliphatic heterocycles. The van der Waals surface area contributed by atoms with Gasteiger partial charge in [-0.15, -0.1) is 11.8 Å². The van der Waals surface area contributed by atoms with Crippen LogP contribution in [0.3, 0.4) is 0 Å². The Labute approximate surface area is 92.8 Å². The van der Waals surface area contributed by atoms with Crippen molar-refractivity contribution in [2.75, 3.05) is 6.26 Å². The number of hydrogen-bond acceptors (Lipinski definition) is 3. The summed E-state index contributed by atoms with van der Waals surface area (Å²) < 4.78 is 0.790. The molecule has 72 valence electrons. The van der Waals surface area contributed by atoms with Crippen molar-refractivity contribution in [1.82, 2.24) is 0 Å². The Morgan fingerprint density at radius 3 is 2.79 bits per heavy atom. The topological polar surface area (TPSA) is 20.2 Å². The number of hydrogen-bond donors (Lipinski definition) is 1. The van der Waals surface area contributed by atoms with Crippen LogP contribution in [0.4, 0.5) is 0 Å². The van der Waals surface area contributed by atoms with Gasteiger partial charge in [0.05, 0.1) is 4.20 Å². The Balaban J connectivity index is 2.44. The molecule has 0 saturated carbocycles. The van der Waals surface area contributed by atoms with Crippen LogP contribution in [0.1, 0.15) is 11.1 Å². The highest BCUT2D eigenvalue weighted by atomic mass is 32.2. The molecule has 2 rings (SSSR count). The lowest BCUT2D eigenvalue weighted by Gasteiger charge is -2.00. The van der Waals surface area contributed by atoms with Crippen LogP contribution in [-0.4, -0.2) is 15.6 Å². The quantitative estimate of drug-likeness (QED) is 0.737. The molecule has 0 unspecified atom stereocenters. The van der Waals surface area contributed by atoms with Crippen LogP contribution in [0.5, 0.6) is 0 Å². The largest absolute Gasteiger partial charge is 0.507 e. The minimum atomic E-state index is 0.361. The molecule has 0 spiro atoms. The number of fused-ring (bicyclic) bond motifs is 1. The molecule has 14 heavy (non-hydrogen) atoms. The van der Waals surface area contributed by atoms with E-state index in [1.54, 1.807) is 0 Å². The van der Waals surface area contributed by atoms with E-state index in [2.05, 4.69) is 0 Å². The summed E-state index contributed by atoms with van der Waals surface area (Å²) in [5, 5.41) is 9.92. The van der Waals surface area contributed by atoms with Crippen LogP contribution in [0.25, 0.3) is 5.76 Å². The number of aliphatic hydroxyl groups is 1. The Kier molecular flexibility index (Phi) is 2.61. The average Bonchev–Trinajstić information content (AvgIpc) is 2.56. The van der Waals surface area contributed by atoms with Crippen molar-refractivity contribution >= 4 is 33.9 Å². The summed E-state index contributed by atoms with van der Waals surface area (Å²) in [6, 6.07) is 7.87. The highest BCUT2D eigenvalue weighted by Crippen LogP contribution is 2.33. The normalized spacial score (nSPS) is 14.4. The van der Waals surface area contributed by atoms with Crippen molar-refractivity contribution in [1.29, 1.82) is 0 Å². The van der Waals surface area contributed by atoms with Gasteiger partial charge in [0.15, 0.2) is 0 Å². The molecule has 0 fully saturated rings. The number of thiocarbonyl (C=S) groups is 1. The molecule has 0 heterocycles. The van der Waals surface area contributed by atoms with Crippen LogP contribution < -0.4 is 0 Å². The summed E-state index contributed by atoms with van der Waals surface area (Å²) in [5.41, 5.74) is 2.99. The lowest BCUT2D eigenvalue weighted by Crippen LogP contribution is -1.95. The van der Waals surface area contributed by atoms with E-state index < -0.39 is 0 Å². The van der Waals surface area contributed by atoms with Gasteiger partial charge in [0.25, 0.3) is 0 Å². The van der Waals surface area contributed by atoms with E-state index in [0.717, 1.165) is 27.3 Å². The maximum atomic E-state index is 9.92. The summed E-state index contributed by atoms with van der Waals surface area (Å²) in [4.78, 5) is 0. The standard InChI is InChI=1S/C11H10OS2/c1-14-11(13)9-6-7-4-2-3-5-8(7)10(9)12/h2-5,12H,6H2,1H3. The van der Waals surface area contributed by atoms with E-state index in [-0.39, 0.29) is 0 Å². The summed E-state index contributed by atoms with van der Waals surface area (Å²) >= 11 is 6.69. The fourth-order valence-corrected chi connectivity index (χ4v) is 2.22. The second-order valence-corrected chi connectivity index (χ2v) is 4.64. The first-order valence-electron chi connectivity index (χ1n) is 4.32. The molecule has 1 nitrogen and oxygen atoms in total. The number of benzene rings is 1. The van der Waals surface area contributed by atoms with Gasteiger partial charge in [-0.05, 0) is 11.8 Å². The number of aliphatic hydroxyl groups excluding tert-OH is 1. The van der Waals surface area contributed by atoms with Gasteiger partial charge in [-0.2, -0.15) is 0 Å². The monoisotopic (exact) mass is 222 g/mol. The lowest BCUT2D eigenvalue weighted by molar-refractivity contribution is 0.511. The van der Waals surface area contributed by atoms with Crippen molar-refractivity contribution in [3.63, 3.8) is 0 Å². The minimum Gasteiger partial charge on any atom is -0.507 e. The van der Waals surface area contributed by atoms with Gasteiger partial charge in [-0.1, -0.05) is 36.5 Å². The Hall–Kier alpha value is -0.800. The van der Waals surface area contributed by atoms with E-state index in [0.29, 0.717) is 5.76 Å². The van der Waals surface area contributed by atoms with Crippen molar-refractivity contribution in [3.8, 4) is 0 Å². The predicted octanol–water partition coefficient (Wildman–Crippen LogP) is 3.20. The molecular weight excluding hydrogens is 212 g/mol. The van der Waals surface area contributed by atoms with Crippen LogP contribution in [0.2, 0.25) is 0 Å². The Bertz CT molecular complexity index is 421. The van der Waals surface area contributed by atoms with Gasteiger partial charge in [0.1, 0.15) is 5.76 Å². The second-order valence-electron chi connectivity index (χ2n) is 3.15. The second kappa shape index (κ2) is 3.75. The maximum absolute atomic E-state index is 9.92. The molecule has 0 saturated heterocycles. The maximum Gasteiger partial charge on any atom is 0.128 e. The SMILES string of the molecule is CSC(=S)C1=C(O)c2ccccc2C1. The predicted molar refractivity (Wildman–Crippen MR) is 65.8 cm³/mol. The lowest BCUT2D eigenvalue weighted by atomic mass is 10.1. The molecule has 1 N–H and O–H groups in total. The van der Waals surface area contributed by atoms with E-state index in [1.807, 2.05) is 30.5 Å². The van der Waals surface area contributed by atoms with E-state index in [1.165, 1.54) is 11.8 Å². The van der Waals surface area contributed by atoms with Crippen LogP contribution in [0.15, 0.2) is 29.8 Å². The minimum absolute atomic E-state index is 0.361. The fourth-order valence-electron chi connectivity index (χ4n) is 1.63.